The van der Waals surface area contributed by atoms with E-state index in [4.69, 9.17) is 30.5 Å². The van der Waals surface area contributed by atoms with Crippen molar-refractivity contribution in [1.29, 1.82) is 5.41 Å². The molecule has 1 unspecified atom stereocenters. The zero-order valence-electron chi connectivity index (χ0n) is 21.8. The summed E-state index contributed by atoms with van der Waals surface area (Å²) in [7, 11) is 1.57. The zero-order chi connectivity index (χ0) is 28.8. The molecular weight excluding hydrogens is 521 g/mol. The standard InChI is InChI=1S/C25H24FN7O3.C2H4O2/c1-35-19-13-16(12-15-4-3-11-36-21(15)19)20(30-17-8-6-14(7-9-17)22(27)28)23-31-25(34)33(32-23)24-18(26)5-2-10-29-24;1-2(3)4/h2,5-10,12-13,20,30H,3-4,11H2,1H3,(H3,27,28)(H,31,32,34);1H3,(H,3,4). The number of nitrogens with one attached hydrogen (secondary N) is 3. The van der Waals surface area contributed by atoms with E-state index in [9.17, 15) is 9.18 Å². The summed E-state index contributed by atoms with van der Waals surface area (Å²) in [5.74, 6) is -0.233. The summed E-state index contributed by atoms with van der Waals surface area (Å²) in [5.41, 5.74) is 7.95. The number of fused-ring (bicyclic) bond motifs is 1. The summed E-state index contributed by atoms with van der Waals surface area (Å²) in [6.45, 7) is 1.69. The van der Waals surface area contributed by atoms with Crippen molar-refractivity contribution in [3.63, 3.8) is 0 Å². The molecule has 4 aromatic rings. The second-order valence-corrected chi connectivity index (χ2v) is 8.79. The second kappa shape index (κ2) is 12.1. The molecule has 40 heavy (non-hydrogen) atoms. The Hall–Kier alpha value is -5.20. The number of aliphatic carboxylic acids is 1. The largest absolute Gasteiger partial charge is 0.493 e. The van der Waals surface area contributed by atoms with Crippen molar-refractivity contribution in [2.45, 2.75) is 25.8 Å². The number of hydrogen-bond donors (Lipinski definition) is 5. The van der Waals surface area contributed by atoms with E-state index in [0.29, 0.717) is 29.4 Å². The molecule has 0 spiro atoms. The smallest absolute Gasteiger partial charge is 0.349 e. The molecule has 208 valence electrons. The van der Waals surface area contributed by atoms with Gasteiger partial charge in [-0.1, -0.05) is 0 Å². The van der Waals surface area contributed by atoms with Gasteiger partial charge in [0.05, 0.1) is 13.7 Å². The molecule has 5 rings (SSSR count). The van der Waals surface area contributed by atoms with Gasteiger partial charge in [-0.05, 0) is 72.5 Å². The van der Waals surface area contributed by atoms with Crippen molar-refractivity contribution in [3.8, 4) is 17.3 Å². The fraction of sp³-hybridized carbons (Fsp3) is 0.222. The molecule has 6 N–H and O–H groups in total. The number of ether oxygens (including phenoxy) is 2. The van der Waals surface area contributed by atoms with Crippen LogP contribution in [0, 0.1) is 11.2 Å². The maximum Gasteiger partial charge on any atom is 0.349 e. The van der Waals surface area contributed by atoms with Gasteiger partial charge in [0, 0.05) is 24.4 Å². The molecule has 1 aliphatic heterocycles. The van der Waals surface area contributed by atoms with Crippen LogP contribution in [0.3, 0.4) is 0 Å². The number of hydrogen-bond acceptors (Lipinski definition) is 8. The van der Waals surface area contributed by atoms with Crippen molar-refractivity contribution in [1.82, 2.24) is 19.7 Å². The minimum absolute atomic E-state index is 0.0435. The molecule has 2 aromatic heterocycles. The zero-order valence-corrected chi connectivity index (χ0v) is 21.8. The summed E-state index contributed by atoms with van der Waals surface area (Å²) >= 11 is 0. The Kier molecular flexibility index (Phi) is 8.42. The third kappa shape index (κ3) is 6.26. The Morgan fingerprint density at radius 2 is 2.02 bits per heavy atom. The van der Waals surface area contributed by atoms with Gasteiger partial charge in [-0.15, -0.1) is 5.10 Å². The Labute approximate surface area is 228 Å². The van der Waals surface area contributed by atoms with E-state index < -0.39 is 23.5 Å². The van der Waals surface area contributed by atoms with Crippen molar-refractivity contribution < 1.29 is 23.8 Å². The number of aryl methyl sites for hydroxylation is 1. The van der Waals surface area contributed by atoms with E-state index in [-0.39, 0.29) is 17.5 Å². The monoisotopic (exact) mass is 549 g/mol. The summed E-state index contributed by atoms with van der Waals surface area (Å²) < 4.78 is 26.7. The van der Waals surface area contributed by atoms with Crippen LogP contribution in [-0.2, 0) is 11.2 Å². The Bertz CT molecular complexity index is 1560. The number of H-pyrrole nitrogens is 1. The van der Waals surface area contributed by atoms with E-state index in [1.54, 1.807) is 31.4 Å². The van der Waals surface area contributed by atoms with Gasteiger partial charge >= 0.3 is 5.69 Å². The lowest BCUT2D eigenvalue weighted by molar-refractivity contribution is -0.134. The lowest BCUT2D eigenvalue weighted by atomic mass is 9.97. The number of halogens is 1. The highest BCUT2D eigenvalue weighted by atomic mass is 19.1. The predicted molar refractivity (Wildman–Crippen MR) is 145 cm³/mol. The minimum atomic E-state index is -0.833. The summed E-state index contributed by atoms with van der Waals surface area (Å²) in [4.78, 5) is 28.5. The molecule has 0 saturated heterocycles. The number of benzene rings is 2. The average molecular weight is 550 g/mol. The molecule has 0 amide bonds. The van der Waals surface area contributed by atoms with Crippen molar-refractivity contribution in [2.24, 2.45) is 5.73 Å². The lowest BCUT2D eigenvalue weighted by Crippen LogP contribution is -2.18. The quantitative estimate of drug-likeness (QED) is 0.171. The lowest BCUT2D eigenvalue weighted by Gasteiger charge is -2.24. The highest BCUT2D eigenvalue weighted by Gasteiger charge is 2.25. The first-order valence-electron chi connectivity index (χ1n) is 12.2. The van der Waals surface area contributed by atoms with Crippen molar-refractivity contribution in [3.05, 3.63) is 93.5 Å². The van der Waals surface area contributed by atoms with Crippen LogP contribution in [0.1, 0.15) is 41.9 Å². The maximum absolute atomic E-state index is 14.4. The van der Waals surface area contributed by atoms with Crippen molar-refractivity contribution >= 4 is 17.5 Å². The first-order valence-corrected chi connectivity index (χ1v) is 12.2. The number of aromatic nitrogens is 4. The Morgan fingerprint density at radius 3 is 2.67 bits per heavy atom. The number of carboxylic acid groups (broad SMARTS) is 1. The normalized spacial score (nSPS) is 12.7. The first kappa shape index (κ1) is 27.8. The minimum Gasteiger partial charge on any atom is -0.493 e. The highest BCUT2D eigenvalue weighted by molar-refractivity contribution is 5.95. The molecule has 2 aromatic carbocycles. The van der Waals surface area contributed by atoms with Gasteiger partial charge in [-0.25, -0.2) is 14.2 Å². The number of pyridine rings is 1. The van der Waals surface area contributed by atoms with Gasteiger partial charge in [0.2, 0.25) is 0 Å². The van der Waals surface area contributed by atoms with Gasteiger partial charge in [0.25, 0.3) is 5.97 Å². The molecule has 12 nitrogen and oxygen atoms in total. The molecular formula is C27H28FN7O5. The molecule has 13 heteroatoms. The van der Waals surface area contributed by atoms with Gasteiger partial charge in [-0.3, -0.25) is 15.2 Å². The molecule has 0 saturated carbocycles. The summed E-state index contributed by atoms with van der Waals surface area (Å²) in [6.07, 6.45) is 3.07. The van der Waals surface area contributed by atoms with Crippen LogP contribution in [0.2, 0.25) is 0 Å². The van der Waals surface area contributed by atoms with E-state index in [1.165, 1.54) is 18.3 Å². The number of methoxy groups -OCH3 is 1. The summed E-state index contributed by atoms with van der Waals surface area (Å²) in [5, 5.41) is 22.8. The number of nitrogen functional groups attached to an aromatic ring is 1. The number of rotatable bonds is 7. The van der Waals surface area contributed by atoms with Gasteiger partial charge in [-0.2, -0.15) is 4.68 Å². The molecule has 3 heterocycles. The molecule has 0 fully saturated rings. The Balaban J connectivity index is 0.000000867. The van der Waals surface area contributed by atoms with Crippen LogP contribution in [0.25, 0.3) is 5.82 Å². The molecule has 1 atom stereocenters. The molecule has 0 bridgehead atoms. The number of nitrogens with zero attached hydrogens (tertiary/aromatic N) is 3. The number of aromatic amines is 1. The number of nitrogens with two attached hydrogens (primary N) is 1. The third-order valence-electron chi connectivity index (χ3n) is 5.90. The fourth-order valence-electron chi connectivity index (χ4n) is 4.16. The number of anilines is 1. The van der Waals surface area contributed by atoms with Gasteiger partial charge in [0.1, 0.15) is 11.9 Å². The maximum atomic E-state index is 14.4. The molecule has 1 aliphatic rings. The van der Waals surface area contributed by atoms with Gasteiger partial charge in [0.15, 0.2) is 29.0 Å². The second-order valence-electron chi connectivity index (χ2n) is 8.79. The SMILES string of the molecule is CC(=O)O.COc1cc(C(Nc2ccc(C(=N)N)cc2)c2nn(-c3ncccc3F)c(=O)[nH]2)cc2c1OCCC2. The number of carbonyl (C=O) groups is 1. The average Bonchev–Trinajstić information content (AvgIpc) is 3.32. The third-order valence-corrected chi connectivity index (χ3v) is 5.90. The van der Waals surface area contributed by atoms with Gasteiger partial charge < -0.3 is 25.6 Å². The van der Waals surface area contributed by atoms with E-state index in [1.807, 2.05) is 12.1 Å². The molecule has 0 aliphatic carbocycles. The molecule has 0 radical (unpaired) electrons. The van der Waals surface area contributed by atoms with E-state index in [0.717, 1.165) is 35.6 Å². The van der Waals surface area contributed by atoms with Crippen LogP contribution in [0.4, 0.5) is 10.1 Å². The predicted octanol–water partition coefficient (Wildman–Crippen LogP) is 3.00. The first-order chi connectivity index (χ1) is 19.2. The van der Waals surface area contributed by atoms with Crippen LogP contribution in [0.15, 0.2) is 59.5 Å². The topological polar surface area (TPSA) is 181 Å². The van der Waals surface area contributed by atoms with E-state index in [2.05, 4.69) is 20.4 Å². The van der Waals surface area contributed by atoms with Crippen LogP contribution in [0.5, 0.6) is 11.5 Å². The highest BCUT2D eigenvalue weighted by Crippen LogP contribution is 2.39. The fourth-order valence-corrected chi connectivity index (χ4v) is 4.16. The number of carboxylic acids is 1. The van der Waals surface area contributed by atoms with E-state index >= 15 is 0 Å². The summed E-state index contributed by atoms with van der Waals surface area (Å²) in [6, 6.07) is 12.8. The van der Waals surface area contributed by atoms with Crippen LogP contribution >= 0.6 is 0 Å². The number of amidine groups is 1. The van der Waals surface area contributed by atoms with Crippen LogP contribution < -0.4 is 26.2 Å². The van der Waals surface area contributed by atoms with Crippen molar-refractivity contribution in [2.75, 3.05) is 19.0 Å². The Morgan fingerprint density at radius 1 is 1.30 bits per heavy atom. The van der Waals surface area contributed by atoms with Crippen LogP contribution in [-0.4, -0.2) is 50.4 Å².